The summed E-state index contributed by atoms with van der Waals surface area (Å²) < 4.78 is 20.1. The summed E-state index contributed by atoms with van der Waals surface area (Å²) in [4.78, 5) is 27.5. The smallest absolute Gasteiger partial charge is 0.341 e. The van der Waals surface area contributed by atoms with Crippen molar-refractivity contribution < 1.29 is 28.5 Å². The van der Waals surface area contributed by atoms with Crippen molar-refractivity contribution in [2.75, 3.05) is 21.3 Å². The van der Waals surface area contributed by atoms with Crippen LogP contribution in [-0.4, -0.2) is 38.3 Å². The summed E-state index contributed by atoms with van der Waals surface area (Å²) in [6.07, 6.45) is 2.62. The van der Waals surface area contributed by atoms with Crippen molar-refractivity contribution in [2.45, 2.75) is 0 Å². The topological polar surface area (TPSA) is 84.0 Å². The molecule has 0 aliphatic heterocycles. The lowest BCUT2D eigenvalue weighted by molar-refractivity contribution is -0.133. The third kappa shape index (κ3) is 4.35. The molecule has 0 bridgehead atoms. The molecule has 0 saturated carbocycles. The van der Waals surface area contributed by atoms with Crippen LogP contribution < -0.4 is 4.74 Å². The Balaban J connectivity index is 2.33. The Kier molecular flexibility index (Phi) is 6.11. The Morgan fingerprint density at radius 3 is 2.36 bits per heavy atom. The minimum absolute atomic E-state index is 0.201. The fraction of sp³-hybridized carbons (Fsp3) is 0.167. The lowest BCUT2D eigenvalue weighted by Crippen LogP contribution is -2.06. The predicted octanol–water partition coefficient (Wildman–Crippen LogP) is 2.82. The van der Waals surface area contributed by atoms with Crippen LogP contribution in [0.1, 0.15) is 15.9 Å². The SMILES string of the molecule is CO/C=C(\C(=O)OC)c1ccccc1Oc1ccc(C(=O)OC)cn1. The number of carbonyl (C=O) groups is 2. The molecule has 0 spiro atoms. The van der Waals surface area contributed by atoms with E-state index in [9.17, 15) is 9.59 Å². The van der Waals surface area contributed by atoms with Crippen LogP contribution in [0.15, 0.2) is 48.9 Å². The van der Waals surface area contributed by atoms with Crippen LogP contribution in [-0.2, 0) is 19.0 Å². The molecule has 1 heterocycles. The van der Waals surface area contributed by atoms with E-state index < -0.39 is 11.9 Å². The average molecular weight is 343 g/mol. The maximum atomic E-state index is 12.0. The molecule has 25 heavy (non-hydrogen) atoms. The maximum Gasteiger partial charge on any atom is 0.341 e. The highest BCUT2D eigenvalue weighted by atomic mass is 16.5. The van der Waals surface area contributed by atoms with Gasteiger partial charge in [-0.2, -0.15) is 0 Å². The van der Waals surface area contributed by atoms with E-state index in [0.717, 1.165) is 0 Å². The van der Waals surface area contributed by atoms with Crippen molar-refractivity contribution in [1.82, 2.24) is 4.98 Å². The zero-order valence-corrected chi connectivity index (χ0v) is 14.0. The maximum absolute atomic E-state index is 12.0. The lowest BCUT2D eigenvalue weighted by Gasteiger charge is -2.12. The van der Waals surface area contributed by atoms with Crippen molar-refractivity contribution in [1.29, 1.82) is 0 Å². The summed E-state index contributed by atoms with van der Waals surface area (Å²) in [6, 6.07) is 9.94. The summed E-state index contributed by atoms with van der Waals surface area (Å²) in [6.45, 7) is 0. The monoisotopic (exact) mass is 343 g/mol. The van der Waals surface area contributed by atoms with E-state index in [1.165, 1.54) is 45.9 Å². The molecule has 0 aliphatic rings. The molecule has 0 N–H and O–H groups in total. The second-order valence-corrected chi connectivity index (χ2v) is 4.73. The van der Waals surface area contributed by atoms with Crippen molar-refractivity contribution in [3.05, 3.63) is 60.0 Å². The number of aromatic nitrogens is 1. The third-order valence-corrected chi connectivity index (χ3v) is 3.19. The number of nitrogens with zero attached hydrogens (tertiary/aromatic N) is 1. The number of methoxy groups -OCH3 is 3. The van der Waals surface area contributed by atoms with Gasteiger partial charge in [-0.3, -0.25) is 0 Å². The first kappa shape index (κ1) is 18.0. The van der Waals surface area contributed by atoms with Gasteiger partial charge >= 0.3 is 11.9 Å². The highest BCUT2D eigenvalue weighted by Gasteiger charge is 2.18. The van der Waals surface area contributed by atoms with Crippen molar-refractivity contribution >= 4 is 17.5 Å². The number of esters is 2. The average Bonchev–Trinajstić information content (AvgIpc) is 2.66. The predicted molar refractivity (Wildman–Crippen MR) is 89.1 cm³/mol. The van der Waals surface area contributed by atoms with Crippen molar-refractivity contribution in [2.24, 2.45) is 0 Å². The molecule has 0 saturated heterocycles. The van der Waals surface area contributed by atoms with Gasteiger partial charge in [0.15, 0.2) is 0 Å². The van der Waals surface area contributed by atoms with Gasteiger partial charge in [0.25, 0.3) is 0 Å². The van der Waals surface area contributed by atoms with E-state index in [4.69, 9.17) is 14.2 Å². The normalized spacial score (nSPS) is 10.8. The summed E-state index contributed by atoms with van der Waals surface area (Å²) in [7, 11) is 4.00. The summed E-state index contributed by atoms with van der Waals surface area (Å²) in [5, 5.41) is 0. The number of rotatable bonds is 6. The molecular weight excluding hydrogens is 326 g/mol. The Bertz CT molecular complexity index is 782. The summed E-state index contributed by atoms with van der Waals surface area (Å²) in [5.41, 5.74) is 0.986. The standard InChI is InChI=1S/C18H17NO6/c1-22-11-14(18(21)24-3)13-6-4-5-7-15(13)25-16-9-8-12(10-19-16)17(20)23-2/h4-11H,1-3H3/b14-11-. The van der Waals surface area contributed by atoms with Crippen molar-refractivity contribution in [3.8, 4) is 11.6 Å². The molecule has 0 fully saturated rings. The first-order valence-electron chi connectivity index (χ1n) is 7.23. The summed E-state index contributed by atoms with van der Waals surface area (Å²) >= 11 is 0. The summed E-state index contributed by atoms with van der Waals surface area (Å²) in [5.74, 6) is -0.418. The highest BCUT2D eigenvalue weighted by Crippen LogP contribution is 2.30. The molecule has 0 aliphatic carbocycles. The quantitative estimate of drug-likeness (QED) is 0.453. The zero-order chi connectivity index (χ0) is 18.2. The van der Waals surface area contributed by atoms with E-state index in [1.807, 2.05) is 0 Å². The van der Waals surface area contributed by atoms with Gasteiger partial charge in [-0.1, -0.05) is 18.2 Å². The van der Waals surface area contributed by atoms with Gasteiger partial charge < -0.3 is 18.9 Å². The number of hydrogen-bond donors (Lipinski definition) is 0. The first-order valence-corrected chi connectivity index (χ1v) is 7.23. The number of pyridine rings is 1. The van der Waals surface area contributed by atoms with Gasteiger partial charge in [0, 0.05) is 17.8 Å². The van der Waals surface area contributed by atoms with Crippen molar-refractivity contribution in [3.63, 3.8) is 0 Å². The second kappa shape index (κ2) is 8.49. The Morgan fingerprint density at radius 1 is 1.00 bits per heavy atom. The number of hydrogen-bond acceptors (Lipinski definition) is 7. The Morgan fingerprint density at radius 2 is 1.76 bits per heavy atom. The molecule has 7 nitrogen and oxygen atoms in total. The van der Waals surface area contributed by atoms with Crippen LogP contribution >= 0.6 is 0 Å². The van der Waals surface area contributed by atoms with Crippen LogP contribution in [0.5, 0.6) is 11.6 Å². The number of benzene rings is 1. The molecule has 0 unspecified atom stereocenters. The van der Waals surface area contributed by atoms with Gasteiger partial charge in [-0.15, -0.1) is 0 Å². The molecule has 0 radical (unpaired) electrons. The largest absolute Gasteiger partial charge is 0.503 e. The van der Waals surface area contributed by atoms with Gasteiger partial charge in [-0.05, 0) is 12.1 Å². The molecule has 130 valence electrons. The minimum atomic E-state index is -0.563. The van der Waals surface area contributed by atoms with E-state index in [2.05, 4.69) is 9.72 Å². The minimum Gasteiger partial charge on any atom is -0.503 e. The molecule has 1 aromatic heterocycles. The van der Waals surface area contributed by atoms with Gasteiger partial charge in [0.1, 0.15) is 11.3 Å². The van der Waals surface area contributed by atoms with Crippen LogP contribution in [0, 0.1) is 0 Å². The molecule has 7 heteroatoms. The Labute approximate surface area is 144 Å². The van der Waals surface area contributed by atoms with E-state index >= 15 is 0 Å². The van der Waals surface area contributed by atoms with Crippen LogP contribution in [0.4, 0.5) is 0 Å². The van der Waals surface area contributed by atoms with E-state index in [0.29, 0.717) is 16.9 Å². The van der Waals surface area contributed by atoms with Crippen LogP contribution in [0.3, 0.4) is 0 Å². The van der Waals surface area contributed by atoms with Gasteiger partial charge in [0.05, 0.1) is 33.2 Å². The zero-order valence-electron chi connectivity index (χ0n) is 14.0. The van der Waals surface area contributed by atoms with E-state index in [-0.39, 0.29) is 11.5 Å². The number of ether oxygens (including phenoxy) is 4. The van der Waals surface area contributed by atoms with Gasteiger partial charge in [-0.25, -0.2) is 14.6 Å². The number of para-hydroxylation sites is 1. The molecule has 1 aromatic carbocycles. The number of carbonyl (C=O) groups excluding carboxylic acids is 2. The molecule has 2 aromatic rings. The molecule has 2 rings (SSSR count). The van der Waals surface area contributed by atoms with Crippen LogP contribution in [0.2, 0.25) is 0 Å². The van der Waals surface area contributed by atoms with E-state index in [1.54, 1.807) is 24.3 Å². The molecule has 0 amide bonds. The van der Waals surface area contributed by atoms with Gasteiger partial charge in [0.2, 0.25) is 5.88 Å². The molecule has 0 atom stereocenters. The molecular formula is C18H17NO6. The van der Waals surface area contributed by atoms with Crippen LogP contribution in [0.25, 0.3) is 5.57 Å². The Hall–Kier alpha value is -3.35. The fourth-order valence-corrected chi connectivity index (χ4v) is 2.02. The lowest BCUT2D eigenvalue weighted by atomic mass is 10.1. The highest BCUT2D eigenvalue weighted by molar-refractivity contribution is 6.17. The first-order chi connectivity index (χ1) is 12.1. The fourth-order valence-electron chi connectivity index (χ4n) is 2.02. The second-order valence-electron chi connectivity index (χ2n) is 4.73. The third-order valence-electron chi connectivity index (χ3n) is 3.19.